The van der Waals surface area contributed by atoms with E-state index in [0.717, 1.165) is 35.7 Å². The van der Waals surface area contributed by atoms with Crippen LogP contribution in [-0.2, 0) is 24.2 Å². The van der Waals surface area contributed by atoms with Crippen molar-refractivity contribution >= 4 is 11.6 Å². The second-order valence-corrected chi connectivity index (χ2v) is 5.59. The molecule has 0 saturated carbocycles. The van der Waals surface area contributed by atoms with Gasteiger partial charge < -0.3 is 14.3 Å². The molecule has 6 nitrogen and oxygen atoms in total. The van der Waals surface area contributed by atoms with E-state index >= 15 is 0 Å². The van der Waals surface area contributed by atoms with E-state index in [9.17, 15) is 4.79 Å². The smallest absolute Gasteiger partial charge is 0.223 e. The number of pyridine rings is 1. The molecule has 22 heavy (non-hydrogen) atoms. The van der Waals surface area contributed by atoms with E-state index in [1.165, 1.54) is 0 Å². The Morgan fingerprint density at radius 1 is 1.36 bits per heavy atom. The number of nitrogens with zero attached hydrogens (tertiary/aromatic N) is 4. The van der Waals surface area contributed by atoms with Crippen molar-refractivity contribution in [3.05, 3.63) is 54.0 Å². The van der Waals surface area contributed by atoms with Gasteiger partial charge in [-0.25, -0.2) is 9.97 Å². The summed E-state index contributed by atoms with van der Waals surface area (Å²) in [5.41, 5.74) is 4.03. The van der Waals surface area contributed by atoms with Crippen molar-refractivity contribution in [2.45, 2.75) is 25.8 Å². The SMILES string of the molecule is O=C(CCc1cn2ccccc2n1)N1CCc2nc[nH]c2C1. The van der Waals surface area contributed by atoms with Crippen molar-refractivity contribution in [3.8, 4) is 0 Å². The molecule has 112 valence electrons. The fraction of sp³-hybridized carbons (Fsp3) is 0.312. The van der Waals surface area contributed by atoms with Gasteiger partial charge in [-0.2, -0.15) is 0 Å². The van der Waals surface area contributed by atoms with E-state index in [2.05, 4.69) is 15.0 Å². The lowest BCUT2D eigenvalue weighted by atomic mass is 10.1. The van der Waals surface area contributed by atoms with Gasteiger partial charge in [-0.3, -0.25) is 4.79 Å². The molecule has 0 bridgehead atoms. The van der Waals surface area contributed by atoms with E-state index in [0.29, 0.717) is 19.4 Å². The number of carbonyl (C=O) groups excluding carboxylic acids is 1. The Kier molecular flexibility index (Phi) is 3.14. The third-order valence-electron chi connectivity index (χ3n) is 4.14. The summed E-state index contributed by atoms with van der Waals surface area (Å²) in [6.45, 7) is 1.39. The van der Waals surface area contributed by atoms with Gasteiger partial charge in [0.1, 0.15) is 5.65 Å². The van der Waals surface area contributed by atoms with Crippen LogP contribution >= 0.6 is 0 Å². The van der Waals surface area contributed by atoms with Crippen LogP contribution in [0.1, 0.15) is 23.5 Å². The molecule has 3 aromatic heterocycles. The van der Waals surface area contributed by atoms with Gasteiger partial charge in [-0.05, 0) is 18.6 Å². The quantitative estimate of drug-likeness (QED) is 0.797. The van der Waals surface area contributed by atoms with Crippen molar-refractivity contribution in [2.75, 3.05) is 6.54 Å². The highest BCUT2D eigenvalue weighted by atomic mass is 16.2. The summed E-state index contributed by atoms with van der Waals surface area (Å²) in [6, 6.07) is 5.90. The third kappa shape index (κ3) is 2.36. The zero-order valence-electron chi connectivity index (χ0n) is 12.2. The van der Waals surface area contributed by atoms with Gasteiger partial charge in [-0.1, -0.05) is 6.07 Å². The number of fused-ring (bicyclic) bond motifs is 2. The zero-order chi connectivity index (χ0) is 14.9. The molecule has 0 aromatic carbocycles. The number of aromatic nitrogens is 4. The molecule has 0 fully saturated rings. The first-order chi connectivity index (χ1) is 10.8. The number of nitrogens with one attached hydrogen (secondary N) is 1. The fourth-order valence-corrected chi connectivity index (χ4v) is 2.93. The van der Waals surface area contributed by atoms with Gasteiger partial charge >= 0.3 is 0 Å². The van der Waals surface area contributed by atoms with Crippen LogP contribution in [0.15, 0.2) is 36.9 Å². The standard InChI is InChI=1S/C16H17N5O/c22-16(21-8-6-13-14(10-21)18-11-17-13)5-4-12-9-20-7-2-1-3-15(20)19-12/h1-3,7,9,11H,4-6,8,10H2,(H,17,18). The molecule has 6 heteroatoms. The van der Waals surface area contributed by atoms with Crippen LogP contribution in [0.3, 0.4) is 0 Å². The predicted molar refractivity (Wildman–Crippen MR) is 81.2 cm³/mol. The van der Waals surface area contributed by atoms with E-state index in [-0.39, 0.29) is 5.91 Å². The maximum absolute atomic E-state index is 12.4. The Morgan fingerprint density at radius 2 is 2.32 bits per heavy atom. The molecule has 1 N–H and O–H groups in total. The summed E-state index contributed by atoms with van der Waals surface area (Å²) >= 11 is 0. The minimum Gasteiger partial charge on any atom is -0.347 e. The van der Waals surface area contributed by atoms with Gasteiger partial charge in [0, 0.05) is 31.8 Å². The summed E-state index contributed by atoms with van der Waals surface area (Å²) in [5, 5.41) is 0. The number of rotatable bonds is 3. The molecule has 4 rings (SSSR count). The lowest BCUT2D eigenvalue weighted by molar-refractivity contribution is -0.132. The van der Waals surface area contributed by atoms with Crippen molar-refractivity contribution in [2.24, 2.45) is 0 Å². The topological polar surface area (TPSA) is 66.3 Å². The van der Waals surface area contributed by atoms with Gasteiger partial charge in [0.15, 0.2) is 0 Å². The summed E-state index contributed by atoms with van der Waals surface area (Å²) < 4.78 is 1.98. The number of hydrogen-bond acceptors (Lipinski definition) is 3. The minimum atomic E-state index is 0.178. The molecule has 0 aliphatic carbocycles. The molecule has 1 amide bonds. The van der Waals surface area contributed by atoms with Crippen molar-refractivity contribution in [1.82, 2.24) is 24.3 Å². The predicted octanol–water partition coefficient (Wildman–Crippen LogP) is 1.57. The van der Waals surface area contributed by atoms with Crippen molar-refractivity contribution in [3.63, 3.8) is 0 Å². The van der Waals surface area contributed by atoms with Crippen LogP contribution in [0, 0.1) is 0 Å². The van der Waals surface area contributed by atoms with E-state index in [4.69, 9.17) is 0 Å². The molecule has 4 heterocycles. The molecular formula is C16H17N5O. The Bertz CT molecular complexity index is 786. The van der Waals surface area contributed by atoms with Crippen LogP contribution in [-0.4, -0.2) is 36.7 Å². The van der Waals surface area contributed by atoms with Gasteiger partial charge in [0.25, 0.3) is 0 Å². The van der Waals surface area contributed by atoms with Crippen LogP contribution in [0.2, 0.25) is 0 Å². The number of imidazole rings is 2. The number of amides is 1. The normalized spacial score (nSPS) is 14.3. The summed E-state index contributed by atoms with van der Waals surface area (Å²) in [4.78, 5) is 26.2. The Balaban J connectivity index is 1.40. The maximum atomic E-state index is 12.4. The molecular weight excluding hydrogens is 278 g/mol. The molecule has 0 saturated heterocycles. The molecule has 0 unspecified atom stereocenters. The average molecular weight is 295 g/mol. The highest BCUT2D eigenvalue weighted by molar-refractivity contribution is 5.76. The van der Waals surface area contributed by atoms with Gasteiger partial charge in [-0.15, -0.1) is 0 Å². The van der Waals surface area contributed by atoms with Crippen molar-refractivity contribution in [1.29, 1.82) is 0 Å². The van der Waals surface area contributed by atoms with E-state index < -0.39 is 0 Å². The first-order valence-electron chi connectivity index (χ1n) is 7.51. The Labute approximate surface area is 127 Å². The molecule has 1 aliphatic heterocycles. The molecule has 0 atom stereocenters. The fourth-order valence-electron chi connectivity index (χ4n) is 2.93. The largest absolute Gasteiger partial charge is 0.347 e. The first kappa shape index (κ1) is 13.1. The average Bonchev–Trinajstić information content (AvgIpc) is 3.17. The van der Waals surface area contributed by atoms with Crippen LogP contribution in [0.4, 0.5) is 0 Å². The Morgan fingerprint density at radius 3 is 3.23 bits per heavy atom. The lowest BCUT2D eigenvalue weighted by Gasteiger charge is -2.26. The minimum absolute atomic E-state index is 0.178. The van der Waals surface area contributed by atoms with E-state index in [1.807, 2.05) is 39.9 Å². The summed E-state index contributed by atoms with van der Waals surface area (Å²) in [7, 11) is 0. The lowest BCUT2D eigenvalue weighted by Crippen LogP contribution is -2.36. The first-order valence-corrected chi connectivity index (χ1v) is 7.51. The summed E-state index contributed by atoms with van der Waals surface area (Å²) in [6.07, 6.45) is 7.66. The van der Waals surface area contributed by atoms with Gasteiger partial charge in [0.2, 0.25) is 5.91 Å². The van der Waals surface area contributed by atoms with Crippen LogP contribution < -0.4 is 0 Å². The molecule has 0 radical (unpaired) electrons. The van der Waals surface area contributed by atoms with Crippen molar-refractivity contribution < 1.29 is 4.79 Å². The van der Waals surface area contributed by atoms with Crippen LogP contribution in [0.5, 0.6) is 0 Å². The molecule has 0 spiro atoms. The summed E-state index contributed by atoms with van der Waals surface area (Å²) in [5.74, 6) is 0.178. The number of aromatic amines is 1. The molecule has 3 aromatic rings. The van der Waals surface area contributed by atoms with E-state index in [1.54, 1.807) is 6.33 Å². The number of carbonyl (C=O) groups is 1. The maximum Gasteiger partial charge on any atom is 0.223 e. The van der Waals surface area contributed by atoms with Gasteiger partial charge in [0.05, 0.1) is 30.0 Å². The number of hydrogen-bond donors (Lipinski definition) is 1. The third-order valence-corrected chi connectivity index (χ3v) is 4.14. The number of aryl methyl sites for hydroxylation is 1. The monoisotopic (exact) mass is 295 g/mol. The second-order valence-electron chi connectivity index (χ2n) is 5.59. The second kappa shape index (κ2) is 5.29. The molecule has 1 aliphatic rings. The highest BCUT2D eigenvalue weighted by Gasteiger charge is 2.22. The number of H-pyrrole nitrogens is 1. The van der Waals surface area contributed by atoms with Crippen LogP contribution in [0.25, 0.3) is 5.65 Å². The Hall–Kier alpha value is -2.63. The zero-order valence-corrected chi connectivity index (χ0v) is 12.2. The highest BCUT2D eigenvalue weighted by Crippen LogP contribution is 2.16.